The van der Waals surface area contributed by atoms with E-state index in [9.17, 15) is 4.79 Å². The molecule has 1 aliphatic rings. The molecule has 0 unspecified atom stereocenters. The maximum Gasteiger partial charge on any atom is 0.335 e. The fraction of sp³-hybridized carbons (Fsp3) is 0.625. The molecule has 2 atom stereocenters. The van der Waals surface area contributed by atoms with Gasteiger partial charge < -0.3 is 9.47 Å². The molecule has 0 spiro atoms. The summed E-state index contributed by atoms with van der Waals surface area (Å²) >= 11 is 0. The lowest BCUT2D eigenvalue weighted by molar-refractivity contribution is -0.156. The van der Waals surface area contributed by atoms with Crippen molar-refractivity contribution in [3.8, 4) is 0 Å². The van der Waals surface area contributed by atoms with Crippen molar-refractivity contribution in [1.29, 1.82) is 0 Å². The third-order valence-corrected chi connectivity index (χ3v) is 1.60. The fourth-order valence-electron chi connectivity index (χ4n) is 1.04. The minimum Gasteiger partial charge on any atom is -0.467 e. The summed E-state index contributed by atoms with van der Waals surface area (Å²) in [6.07, 6.45) is 4.11. The minimum atomic E-state index is -0.403. The van der Waals surface area contributed by atoms with Gasteiger partial charge in [-0.3, -0.25) is 0 Å². The van der Waals surface area contributed by atoms with Gasteiger partial charge in [-0.15, -0.1) is 0 Å². The molecule has 0 radical (unpaired) electrons. The van der Waals surface area contributed by atoms with Gasteiger partial charge >= 0.3 is 5.97 Å². The molecule has 0 aliphatic carbocycles. The molecule has 0 bridgehead atoms. The highest BCUT2D eigenvalue weighted by Gasteiger charge is 2.22. The molecule has 62 valence electrons. The Kier molecular flexibility index (Phi) is 2.65. The summed E-state index contributed by atoms with van der Waals surface area (Å²) in [6, 6.07) is 0. The summed E-state index contributed by atoms with van der Waals surface area (Å²) in [4.78, 5) is 10.9. The number of hydrogen-bond donors (Lipinski definition) is 0. The molecule has 0 saturated carbocycles. The summed E-state index contributed by atoms with van der Waals surface area (Å²) in [5, 5.41) is 0. The quantitative estimate of drug-likeness (QED) is 0.418. The van der Waals surface area contributed by atoms with Crippen LogP contribution >= 0.6 is 0 Å². The van der Waals surface area contributed by atoms with Gasteiger partial charge in [0, 0.05) is 6.42 Å². The van der Waals surface area contributed by atoms with E-state index in [2.05, 4.69) is 4.74 Å². The largest absolute Gasteiger partial charge is 0.467 e. The second kappa shape index (κ2) is 3.53. The molecule has 0 saturated heterocycles. The normalized spacial score (nSPS) is 30.0. The van der Waals surface area contributed by atoms with E-state index >= 15 is 0 Å². The van der Waals surface area contributed by atoms with Crippen LogP contribution in [0.1, 0.15) is 13.3 Å². The van der Waals surface area contributed by atoms with Gasteiger partial charge in [0.05, 0.1) is 13.2 Å². The molecule has 1 rings (SSSR count). The lowest BCUT2D eigenvalue weighted by Crippen LogP contribution is -2.30. The van der Waals surface area contributed by atoms with Crippen LogP contribution in [0.5, 0.6) is 0 Å². The van der Waals surface area contributed by atoms with Crippen molar-refractivity contribution >= 4 is 5.97 Å². The van der Waals surface area contributed by atoms with Crippen molar-refractivity contribution < 1.29 is 14.3 Å². The standard InChI is InChI=1S/C8H12O3/c1-6-4-3-5-7(11-6)8(9)10-2/h3-4,6-7H,5H2,1-2H3/t6-,7-/m0/s1. The maximum atomic E-state index is 10.9. The first kappa shape index (κ1) is 8.27. The Morgan fingerprint density at radius 3 is 3.00 bits per heavy atom. The Balaban J connectivity index is 2.49. The average molecular weight is 156 g/mol. The van der Waals surface area contributed by atoms with Gasteiger partial charge in [0.1, 0.15) is 0 Å². The molecule has 3 nitrogen and oxygen atoms in total. The van der Waals surface area contributed by atoms with Gasteiger partial charge in [-0.05, 0) is 6.92 Å². The smallest absolute Gasteiger partial charge is 0.335 e. The number of carbonyl (C=O) groups is 1. The Morgan fingerprint density at radius 1 is 1.73 bits per heavy atom. The molecule has 0 aromatic heterocycles. The Hall–Kier alpha value is -0.830. The molecule has 0 amide bonds. The van der Waals surface area contributed by atoms with E-state index in [1.165, 1.54) is 7.11 Å². The van der Waals surface area contributed by atoms with Crippen LogP contribution in [0.3, 0.4) is 0 Å². The second-order valence-corrected chi connectivity index (χ2v) is 2.52. The van der Waals surface area contributed by atoms with E-state index < -0.39 is 6.10 Å². The van der Waals surface area contributed by atoms with Crippen LogP contribution in [0.25, 0.3) is 0 Å². The van der Waals surface area contributed by atoms with Crippen LogP contribution in [0.15, 0.2) is 12.2 Å². The molecule has 0 N–H and O–H groups in total. The zero-order chi connectivity index (χ0) is 8.27. The monoisotopic (exact) mass is 156 g/mol. The summed E-state index contributed by atoms with van der Waals surface area (Å²) in [7, 11) is 1.37. The van der Waals surface area contributed by atoms with Crippen molar-refractivity contribution in [2.75, 3.05) is 7.11 Å². The molecule has 0 aromatic carbocycles. The first-order valence-electron chi connectivity index (χ1n) is 3.64. The van der Waals surface area contributed by atoms with Gasteiger partial charge in [0.25, 0.3) is 0 Å². The van der Waals surface area contributed by atoms with Crippen LogP contribution in [0.2, 0.25) is 0 Å². The Labute approximate surface area is 66.0 Å². The number of ether oxygens (including phenoxy) is 2. The molecule has 0 aromatic rings. The summed E-state index contributed by atoms with van der Waals surface area (Å²) in [5.74, 6) is -0.291. The molecule has 0 fully saturated rings. The third kappa shape index (κ3) is 2.05. The predicted molar refractivity (Wildman–Crippen MR) is 40.1 cm³/mol. The lowest BCUT2D eigenvalue weighted by atomic mass is 10.1. The van der Waals surface area contributed by atoms with Gasteiger partial charge in [-0.2, -0.15) is 0 Å². The maximum absolute atomic E-state index is 10.9. The average Bonchev–Trinajstić information content (AvgIpc) is 2.03. The van der Waals surface area contributed by atoms with Gasteiger partial charge in [-0.25, -0.2) is 4.79 Å². The molecule has 3 heteroatoms. The zero-order valence-electron chi connectivity index (χ0n) is 6.74. The van der Waals surface area contributed by atoms with Crippen LogP contribution in [-0.2, 0) is 14.3 Å². The van der Waals surface area contributed by atoms with E-state index in [1.807, 2.05) is 19.1 Å². The Morgan fingerprint density at radius 2 is 2.45 bits per heavy atom. The number of methoxy groups -OCH3 is 1. The highest BCUT2D eigenvalue weighted by molar-refractivity contribution is 5.74. The number of hydrogen-bond acceptors (Lipinski definition) is 3. The molecular weight excluding hydrogens is 144 g/mol. The van der Waals surface area contributed by atoms with Crippen molar-refractivity contribution in [3.63, 3.8) is 0 Å². The molecule has 1 heterocycles. The minimum absolute atomic E-state index is 0.0212. The molecular formula is C8H12O3. The summed E-state index contributed by atoms with van der Waals surface area (Å²) in [5.41, 5.74) is 0. The van der Waals surface area contributed by atoms with Crippen molar-refractivity contribution in [1.82, 2.24) is 0 Å². The fourth-order valence-corrected chi connectivity index (χ4v) is 1.04. The van der Waals surface area contributed by atoms with E-state index in [-0.39, 0.29) is 12.1 Å². The van der Waals surface area contributed by atoms with Crippen LogP contribution < -0.4 is 0 Å². The molecule has 11 heavy (non-hydrogen) atoms. The van der Waals surface area contributed by atoms with Gasteiger partial charge in [-0.1, -0.05) is 12.2 Å². The van der Waals surface area contributed by atoms with Crippen LogP contribution in [-0.4, -0.2) is 25.3 Å². The first-order valence-corrected chi connectivity index (χ1v) is 3.64. The van der Waals surface area contributed by atoms with Gasteiger partial charge in [0.2, 0.25) is 0 Å². The summed E-state index contributed by atoms with van der Waals surface area (Å²) in [6.45, 7) is 1.89. The predicted octanol–water partition coefficient (Wildman–Crippen LogP) is 0.893. The highest BCUT2D eigenvalue weighted by atomic mass is 16.6. The van der Waals surface area contributed by atoms with Crippen LogP contribution in [0, 0.1) is 0 Å². The first-order chi connectivity index (χ1) is 5.24. The summed E-state index contributed by atoms with van der Waals surface area (Å²) < 4.78 is 9.82. The second-order valence-electron chi connectivity index (χ2n) is 2.52. The topological polar surface area (TPSA) is 35.5 Å². The number of esters is 1. The Bertz CT molecular complexity index is 174. The van der Waals surface area contributed by atoms with E-state index in [1.54, 1.807) is 0 Å². The number of rotatable bonds is 1. The van der Waals surface area contributed by atoms with Crippen molar-refractivity contribution in [2.45, 2.75) is 25.6 Å². The van der Waals surface area contributed by atoms with Crippen molar-refractivity contribution in [2.24, 2.45) is 0 Å². The van der Waals surface area contributed by atoms with Gasteiger partial charge in [0.15, 0.2) is 6.10 Å². The van der Waals surface area contributed by atoms with Crippen molar-refractivity contribution in [3.05, 3.63) is 12.2 Å². The van der Waals surface area contributed by atoms with E-state index in [0.717, 1.165) is 0 Å². The van der Waals surface area contributed by atoms with E-state index in [4.69, 9.17) is 4.74 Å². The zero-order valence-corrected chi connectivity index (χ0v) is 6.74. The SMILES string of the molecule is COC(=O)[C@@H]1CC=C[C@H](C)O1. The number of carbonyl (C=O) groups excluding carboxylic acids is 1. The van der Waals surface area contributed by atoms with Crippen LogP contribution in [0.4, 0.5) is 0 Å². The third-order valence-electron chi connectivity index (χ3n) is 1.60. The lowest BCUT2D eigenvalue weighted by Gasteiger charge is -2.20. The molecule has 1 aliphatic heterocycles. The van der Waals surface area contributed by atoms with E-state index in [0.29, 0.717) is 6.42 Å². The highest BCUT2D eigenvalue weighted by Crippen LogP contribution is 2.12.